The van der Waals surface area contributed by atoms with Gasteiger partial charge in [-0.25, -0.2) is 0 Å². The number of carbonyl (C=O) groups is 1. The van der Waals surface area contributed by atoms with Gasteiger partial charge in [0.05, 0.1) is 35.1 Å². The van der Waals surface area contributed by atoms with E-state index in [0.29, 0.717) is 33.6 Å². The van der Waals surface area contributed by atoms with Gasteiger partial charge in [0.2, 0.25) is 0 Å². The van der Waals surface area contributed by atoms with Gasteiger partial charge in [0, 0.05) is 35.4 Å². The molecule has 1 aromatic carbocycles. The minimum atomic E-state index is -0.666. The molecule has 0 spiro atoms. The van der Waals surface area contributed by atoms with Gasteiger partial charge in [0.1, 0.15) is 17.6 Å². The number of ether oxygens (including phenoxy) is 1. The third kappa shape index (κ3) is 5.32. The number of aliphatic hydroxyl groups excluding tert-OH is 1. The molecule has 5 N–H and O–H groups in total. The van der Waals surface area contributed by atoms with Crippen molar-refractivity contribution < 1.29 is 14.6 Å². The van der Waals surface area contributed by atoms with E-state index in [9.17, 15) is 4.79 Å². The first kappa shape index (κ1) is 22.5. The SMILES string of the molecule is CC(Oc1ccc(N)c(C(=N)C(=O)Nc2cnn(CCO)c2)c1)c1c(Cl)cncc1Cl. The molecule has 0 bridgehead atoms. The second-order valence-corrected chi connectivity index (χ2v) is 7.39. The lowest BCUT2D eigenvalue weighted by molar-refractivity contribution is -0.110. The van der Waals surface area contributed by atoms with Crippen molar-refractivity contribution in [3.8, 4) is 5.75 Å². The molecule has 1 unspecified atom stereocenters. The number of amides is 1. The summed E-state index contributed by atoms with van der Waals surface area (Å²) in [6.07, 6.45) is 5.40. The van der Waals surface area contributed by atoms with Gasteiger partial charge in [-0.15, -0.1) is 0 Å². The van der Waals surface area contributed by atoms with Crippen LogP contribution < -0.4 is 15.8 Å². The molecular weight excluding hydrogens is 443 g/mol. The van der Waals surface area contributed by atoms with Crippen LogP contribution in [0.15, 0.2) is 43.0 Å². The Bertz CT molecular complexity index is 1100. The molecule has 2 aromatic heterocycles. The van der Waals surface area contributed by atoms with Crippen LogP contribution in [0.25, 0.3) is 0 Å². The van der Waals surface area contributed by atoms with E-state index in [-0.39, 0.29) is 23.6 Å². The van der Waals surface area contributed by atoms with Gasteiger partial charge >= 0.3 is 0 Å². The minimum Gasteiger partial charge on any atom is -0.486 e. The monoisotopic (exact) mass is 462 g/mol. The smallest absolute Gasteiger partial charge is 0.274 e. The van der Waals surface area contributed by atoms with Crippen LogP contribution in [-0.2, 0) is 11.3 Å². The zero-order valence-electron chi connectivity index (χ0n) is 16.5. The molecule has 0 aliphatic rings. The van der Waals surface area contributed by atoms with E-state index in [1.165, 1.54) is 29.3 Å². The standard InChI is InChI=1S/C20H20Cl2N6O3/c1-11(18-15(21)8-25-9-16(18)22)31-13-2-3-17(23)14(6-13)19(24)20(30)27-12-7-26-28(10-12)4-5-29/h2-3,6-11,24,29H,4-5,23H2,1H3,(H,27,30). The summed E-state index contributed by atoms with van der Waals surface area (Å²) < 4.78 is 7.39. The van der Waals surface area contributed by atoms with Gasteiger partial charge in [-0.1, -0.05) is 23.2 Å². The summed E-state index contributed by atoms with van der Waals surface area (Å²) in [5.41, 5.74) is 7.06. The molecule has 3 aromatic rings. The second-order valence-electron chi connectivity index (χ2n) is 6.57. The lowest BCUT2D eigenvalue weighted by atomic mass is 10.1. The molecule has 1 amide bonds. The van der Waals surface area contributed by atoms with Gasteiger partial charge in [0.15, 0.2) is 0 Å². The van der Waals surface area contributed by atoms with Crippen LogP contribution >= 0.6 is 23.2 Å². The summed E-state index contributed by atoms with van der Waals surface area (Å²) in [4.78, 5) is 16.4. The Morgan fingerprint density at radius 2 is 2.03 bits per heavy atom. The summed E-state index contributed by atoms with van der Waals surface area (Å²) in [5, 5.41) is 24.5. The lowest BCUT2D eigenvalue weighted by Gasteiger charge is -2.18. The van der Waals surface area contributed by atoms with Crippen LogP contribution in [0.5, 0.6) is 5.75 Å². The molecule has 162 valence electrons. The highest BCUT2D eigenvalue weighted by Gasteiger charge is 2.19. The highest BCUT2D eigenvalue weighted by molar-refractivity contribution is 6.48. The minimum absolute atomic E-state index is 0.0808. The van der Waals surface area contributed by atoms with E-state index >= 15 is 0 Å². The molecule has 9 nitrogen and oxygen atoms in total. The number of aromatic nitrogens is 3. The van der Waals surface area contributed by atoms with E-state index < -0.39 is 12.0 Å². The van der Waals surface area contributed by atoms with Gasteiger partial charge < -0.3 is 20.9 Å². The molecule has 0 aliphatic heterocycles. The zero-order chi connectivity index (χ0) is 22.5. The number of carbonyl (C=O) groups excluding carboxylic acids is 1. The fourth-order valence-corrected chi connectivity index (χ4v) is 3.54. The molecule has 0 saturated heterocycles. The van der Waals surface area contributed by atoms with Crippen molar-refractivity contribution in [1.29, 1.82) is 5.41 Å². The van der Waals surface area contributed by atoms with Crippen molar-refractivity contribution in [1.82, 2.24) is 14.8 Å². The van der Waals surface area contributed by atoms with Gasteiger partial charge in [-0.2, -0.15) is 5.10 Å². The number of hydrogen-bond acceptors (Lipinski definition) is 7. The highest BCUT2D eigenvalue weighted by atomic mass is 35.5. The molecule has 11 heteroatoms. The van der Waals surface area contributed by atoms with E-state index in [1.807, 2.05) is 0 Å². The fourth-order valence-electron chi connectivity index (χ4n) is 2.87. The maximum absolute atomic E-state index is 12.5. The first-order valence-electron chi connectivity index (χ1n) is 9.18. The summed E-state index contributed by atoms with van der Waals surface area (Å²) in [7, 11) is 0. The number of nitrogens with zero attached hydrogens (tertiary/aromatic N) is 3. The Morgan fingerprint density at radius 3 is 2.71 bits per heavy atom. The molecule has 0 aliphatic carbocycles. The van der Waals surface area contributed by atoms with Gasteiger partial charge in [-0.3, -0.25) is 19.9 Å². The largest absolute Gasteiger partial charge is 0.486 e. The molecule has 3 rings (SSSR count). The summed E-state index contributed by atoms with van der Waals surface area (Å²) in [6, 6.07) is 4.68. The fraction of sp³-hybridized carbons (Fsp3) is 0.200. The Kier molecular flexibility index (Phi) is 7.11. The maximum atomic E-state index is 12.5. The van der Waals surface area contributed by atoms with Crippen molar-refractivity contribution in [2.24, 2.45) is 0 Å². The third-order valence-electron chi connectivity index (χ3n) is 4.35. The normalized spacial score (nSPS) is 11.7. The molecule has 0 radical (unpaired) electrons. The average molecular weight is 463 g/mol. The molecule has 0 fully saturated rings. The first-order chi connectivity index (χ1) is 14.8. The predicted molar refractivity (Wildman–Crippen MR) is 119 cm³/mol. The van der Waals surface area contributed by atoms with Crippen LogP contribution in [-0.4, -0.2) is 38.1 Å². The number of rotatable bonds is 8. The Hall–Kier alpha value is -3.14. The van der Waals surface area contributed by atoms with Crippen molar-refractivity contribution >= 4 is 46.2 Å². The number of nitrogens with one attached hydrogen (secondary N) is 2. The topological polar surface area (TPSA) is 139 Å². The number of halogens is 2. The summed E-state index contributed by atoms with van der Waals surface area (Å²) in [6.45, 7) is 1.98. The number of hydrogen-bond donors (Lipinski definition) is 4. The van der Waals surface area contributed by atoms with E-state index in [4.69, 9.17) is 44.2 Å². The molecule has 1 atom stereocenters. The maximum Gasteiger partial charge on any atom is 0.274 e. The van der Waals surface area contributed by atoms with E-state index in [0.717, 1.165) is 0 Å². The van der Waals surface area contributed by atoms with Crippen molar-refractivity contribution in [2.45, 2.75) is 19.6 Å². The third-order valence-corrected chi connectivity index (χ3v) is 4.95. The molecule has 0 saturated carbocycles. The average Bonchev–Trinajstić information content (AvgIpc) is 3.16. The van der Waals surface area contributed by atoms with Crippen LogP contribution in [0.1, 0.15) is 24.2 Å². The van der Waals surface area contributed by atoms with Crippen molar-refractivity contribution in [2.75, 3.05) is 17.7 Å². The Balaban J connectivity index is 1.76. The van der Waals surface area contributed by atoms with Crippen LogP contribution in [0, 0.1) is 5.41 Å². The number of benzene rings is 1. The van der Waals surface area contributed by atoms with Crippen LogP contribution in [0.4, 0.5) is 11.4 Å². The molecule has 2 heterocycles. The zero-order valence-corrected chi connectivity index (χ0v) is 18.0. The molecule has 31 heavy (non-hydrogen) atoms. The quantitative estimate of drug-likeness (QED) is 0.299. The van der Waals surface area contributed by atoms with Crippen molar-refractivity contribution in [3.63, 3.8) is 0 Å². The number of anilines is 2. The Morgan fingerprint density at radius 1 is 1.32 bits per heavy atom. The lowest BCUT2D eigenvalue weighted by Crippen LogP contribution is -2.23. The van der Waals surface area contributed by atoms with Crippen molar-refractivity contribution in [3.05, 3.63) is 64.2 Å². The summed E-state index contributed by atoms with van der Waals surface area (Å²) in [5.74, 6) is -0.283. The number of aliphatic hydroxyl groups is 1. The first-order valence-corrected chi connectivity index (χ1v) is 9.94. The second kappa shape index (κ2) is 9.78. The Labute approximate surface area is 188 Å². The number of pyridine rings is 1. The summed E-state index contributed by atoms with van der Waals surface area (Å²) >= 11 is 12.4. The van der Waals surface area contributed by atoms with Gasteiger partial charge in [0.25, 0.3) is 5.91 Å². The van der Waals surface area contributed by atoms with Gasteiger partial charge in [-0.05, 0) is 25.1 Å². The van der Waals surface area contributed by atoms with Crippen LogP contribution in [0.3, 0.4) is 0 Å². The molecular formula is C20H20Cl2N6O3. The van der Waals surface area contributed by atoms with Crippen LogP contribution in [0.2, 0.25) is 10.0 Å². The number of nitrogen functional groups attached to an aromatic ring is 1. The predicted octanol–water partition coefficient (Wildman–Crippen LogP) is 3.31. The van der Waals surface area contributed by atoms with E-state index in [2.05, 4.69) is 15.4 Å². The van der Waals surface area contributed by atoms with E-state index in [1.54, 1.807) is 25.3 Å². The number of nitrogens with two attached hydrogens (primary N) is 1. The highest BCUT2D eigenvalue weighted by Crippen LogP contribution is 2.33.